The number of pyridine rings is 1. The molecular weight excluding hydrogens is 186 g/mol. The van der Waals surface area contributed by atoms with Crippen molar-refractivity contribution >= 4 is 0 Å². The summed E-state index contributed by atoms with van der Waals surface area (Å²) in [6, 6.07) is 4.49. The van der Waals surface area contributed by atoms with Crippen LogP contribution in [0.25, 0.3) is 0 Å². The molecule has 1 aromatic rings. The third-order valence-electron chi connectivity index (χ3n) is 3.26. The molecule has 3 heteroatoms. The van der Waals surface area contributed by atoms with Gasteiger partial charge in [0, 0.05) is 37.6 Å². The van der Waals surface area contributed by atoms with Crippen LogP contribution in [-0.4, -0.2) is 29.0 Å². The summed E-state index contributed by atoms with van der Waals surface area (Å²) in [5, 5.41) is 0. The SMILES string of the molecule is Cc1ncccc1CN1CC(C)C(N)C1. The lowest BCUT2D eigenvalue weighted by Gasteiger charge is -2.16. The molecule has 2 N–H and O–H groups in total. The first-order valence-corrected chi connectivity index (χ1v) is 5.55. The van der Waals surface area contributed by atoms with E-state index in [9.17, 15) is 0 Å². The molecule has 0 radical (unpaired) electrons. The zero-order valence-corrected chi connectivity index (χ0v) is 9.48. The van der Waals surface area contributed by atoms with Crippen LogP contribution in [0.4, 0.5) is 0 Å². The van der Waals surface area contributed by atoms with E-state index in [4.69, 9.17) is 5.73 Å². The second kappa shape index (κ2) is 4.29. The van der Waals surface area contributed by atoms with Crippen molar-refractivity contribution in [2.45, 2.75) is 26.4 Å². The van der Waals surface area contributed by atoms with Crippen LogP contribution in [0.3, 0.4) is 0 Å². The molecule has 82 valence electrons. The fourth-order valence-corrected chi connectivity index (χ4v) is 2.15. The maximum absolute atomic E-state index is 6.00. The van der Waals surface area contributed by atoms with Gasteiger partial charge in [0.15, 0.2) is 0 Å². The first-order chi connectivity index (χ1) is 7.16. The predicted molar refractivity (Wildman–Crippen MR) is 61.4 cm³/mol. The Labute approximate surface area is 91.3 Å². The standard InChI is InChI=1S/C12H19N3/c1-9-6-15(8-12(9)13)7-11-4-3-5-14-10(11)2/h3-5,9,12H,6-8,13H2,1-2H3. The molecule has 1 aliphatic heterocycles. The zero-order valence-electron chi connectivity index (χ0n) is 9.48. The largest absolute Gasteiger partial charge is 0.326 e. The van der Waals surface area contributed by atoms with Gasteiger partial charge in [-0.2, -0.15) is 0 Å². The minimum atomic E-state index is 0.335. The highest BCUT2D eigenvalue weighted by Crippen LogP contribution is 2.17. The third kappa shape index (κ3) is 2.36. The summed E-state index contributed by atoms with van der Waals surface area (Å²) in [5.74, 6) is 0.613. The van der Waals surface area contributed by atoms with Crippen molar-refractivity contribution in [2.24, 2.45) is 11.7 Å². The summed E-state index contributed by atoms with van der Waals surface area (Å²) in [6.07, 6.45) is 1.84. The van der Waals surface area contributed by atoms with Crippen molar-refractivity contribution in [2.75, 3.05) is 13.1 Å². The lowest BCUT2D eigenvalue weighted by atomic mass is 10.1. The van der Waals surface area contributed by atoms with Crippen LogP contribution >= 0.6 is 0 Å². The molecule has 15 heavy (non-hydrogen) atoms. The zero-order chi connectivity index (χ0) is 10.8. The second-order valence-corrected chi connectivity index (χ2v) is 4.58. The molecule has 2 unspecified atom stereocenters. The van der Waals surface area contributed by atoms with Gasteiger partial charge in [0.2, 0.25) is 0 Å². The summed E-state index contributed by atoms with van der Waals surface area (Å²) in [5.41, 5.74) is 8.45. The smallest absolute Gasteiger partial charge is 0.0417 e. The predicted octanol–water partition coefficient (Wildman–Crippen LogP) is 1.17. The van der Waals surface area contributed by atoms with Crippen LogP contribution in [0.5, 0.6) is 0 Å². The number of nitrogens with two attached hydrogens (primary N) is 1. The van der Waals surface area contributed by atoms with Gasteiger partial charge in [-0.1, -0.05) is 13.0 Å². The van der Waals surface area contributed by atoms with Crippen molar-refractivity contribution in [3.05, 3.63) is 29.6 Å². The molecule has 1 aliphatic rings. The summed E-state index contributed by atoms with van der Waals surface area (Å²) in [4.78, 5) is 6.72. The van der Waals surface area contributed by atoms with Gasteiger partial charge in [-0.05, 0) is 24.5 Å². The van der Waals surface area contributed by atoms with E-state index in [1.807, 2.05) is 12.3 Å². The number of hydrogen-bond donors (Lipinski definition) is 1. The van der Waals surface area contributed by atoms with Crippen LogP contribution in [0.15, 0.2) is 18.3 Å². The Kier molecular flexibility index (Phi) is 3.03. The number of likely N-dealkylation sites (tertiary alicyclic amines) is 1. The van der Waals surface area contributed by atoms with Gasteiger partial charge >= 0.3 is 0 Å². The van der Waals surface area contributed by atoms with Gasteiger partial charge in [0.1, 0.15) is 0 Å². The van der Waals surface area contributed by atoms with Gasteiger partial charge < -0.3 is 5.73 Å². The summed E-state index contributed by atoms with van der Waals surface area (Å²) in [7, 11) is 0. The maximum atomic E-state index is 6.00. The van der Waals surface area contributed by atoms with Gasteiger partial charge in [0.25, 0.3) is 0 Å². The van der Waals surface area contributed by atoms with Crippen LogP contribution in [0.1, 0.15) is 18.2 Å². The highest BCUT2D eigenvalue weighted by Gasteiger charge is 2.26. The molecule has 2 atom stereocenters. The second-order valence-electron chi connectivity index (χ2n) is 4.58. The van der Waals surface area contributed by atoms with E-state index in [-0.39, 0.29) is 0 Å². The lowest BCUT2D eigenvalue weighted by Crippen LogP contribution is -2.28. The van der Waals surface area contributed by atoms with Gasteiger partial charge in [-0.3, -0.25) is 9.88 Å². The molecule has 0 amide bonds. The average Bonchev–Trinajstić information content (AvgIpc) is 2.50. The van der Waals surface area contributed by atoms with Crippen LogP contribution < -0.4 is 5.73 Å². The highest BCUT2D eigenvalue weighted by molar-refractivity contribution is 5.18. The normalized spacial score (nSPS) is 27.1. The number of nitrogens with zero attached hydrogens (tertiary/aromatic N) is 2. The van der Waals surface area contributed by atoms with Crippen LogP contribution in [-0.2, 0) is 6.54 Å². The Morgan fingerprint density at radius 2 is 2.33 bits per heavy atom. The van der Waals surface area contributed by atoms with E-state index >= 15 is 0 Å². The van der Waals surface area contributed by atoms with E-state index in [0.29, 0.717) is 12.0 Å². The number of rotatable bonds is 2. The fraction of sp³-hybridized carbons (Fsp3) is 0.583. The monoisotopic (exact) mass is 205 g/mol. The van der Waals surface area contributed by atoms with E-state index in [1.54, 1.807) is 0 Å². The van der Waals surface area contributed by atoms with Crippen molar-refractivity contribution in [1.29, 1.82) is 0 Å². The first-order valence-electron chi connectivity index (χ1n) is 5.55. The molecule has 1 aromatic heterocycles. The van der Waals surface area contributed by atoms with E-state index in [1.165, 1.54) is 5.56 Å². The van der Waals surface area contributed by atoms with E-state index in [2.05, 4.69) is 29.8 Å². The molecular formula is C12H19N3. The third-order valence-corrected chi connectivity index (χ3v) is 3.26. The quantitative estimate of drug-likeness (QED) is 0.788. The molecule has 1 fully saturated rings. The van der Waals surface area contributed by atoms with Crippen molar-refractivity contribution < 1.29 is 0 Å². The topological polar surface area (TPSA) is 42.2 Å². The van der Waals surface area contributed by atoms with Crippen LogP contribution in [0, 0.1) is 12.8 Å². The van der Waals surface area contributed by atoms with Gasteiger partial charge in [-0.25, -0.2) is 0 Å². The fourth-order valence-electron chi connectivity index (χ4n) is 2.15. The van der Waals surface area contributed by atoms with E-state index < -0.39 is 0 Å². The number of aryl methyl sites for hydroxylation is 1. The van der Waals surface area contributed by atoms with Crippen molar-refractivity contribution in [1.82, 2.24) is 9.88 Å². The minimum absolute atomic E-state index is 0.335. The average molecular weight is 205 g/mol. The van der Waals surface area contributed by atoms with Gasteiger partial charge in [0.05, 0.1) is 0 Å². The molecule has 2 heterocycles. The Morgan fingerprint density at radius 1 is 1.53 bits per heavy atom. The van der Waals surface area contributed by atoms with Gasteiger partial charge in [-0.15, -0.1) is 0 Å². The van der Waals surface area contributed by atoms with E-state index in [0.717, 1.165) is 25.3 Å². The molecule has 2 rings (SSSR count). The number of hydrogen-bond acceptors (Lipinski definition) is 3. The minimum Gasteiger partial charge on any atom is -0.326 e. The van der Waals surface area contributed by atoms with Crippen molar-refractivity contribution in [3.63, 3.8) is 0 Å². The maximum Gasteiger partial charge on any atom is 0.0417 e. The molecule has 0 spiro atoms. The summed E-state index contributed by atoms with van der Waals surface area (Å²) in [6.45, 7) is 7.39. The summed E-state index contributed by atoms with van der Waals surface area (Å²) < 4.78 is 0. The highest BCUT2D eigenvalue weighted by atomic mass is 15.2. The number of aromatic nitrogens is 1. The molecule has 0 aliphatic carbocycles. The Hall–Kier alpha value is -0.930. The molecule has 0 aromatic carbocycles. The molecule has 0 saturated carbocycles. The molecule has 1 saturated heterocycles. The Morgan fingerprint density at radius 3 is 2.93 bits per heavy atom. The Bertz CT molecular complexity index is 327. The molecule has 3 nitrogen and oxygen atoms in total. The Balaban J connectivity index is 2.01. The first kappa shape index (κ1) is 10.6. The summed E-state index contributed by atoms with van der Waals surface area (Å²) >= 11 is 0. The van der Waals surface area contributed by atoms with Crippen LogP contribution in [0.2, 0.25) is 0 Å². The molecule has 0 bridgehead atoms. The lowest BCUT2D eigenvalue weighted by molar-refractivity contribution is 0.318. The van der Waals surface area contributed by atoms with Crippen molar-refractivity contribution in [3.8, 4) is 0 Å².